The molecule has 3 aromatic rings. The van der Waals surface area contributed by atoms with Gasteiger partial charge in [0.2, 0.25) is 0 Å². The minimum Gasteiger partial charge on any atom is -0.392 e. The smallest absolute Gasteiger partial charge is 0.132 e. The summed E-state index contributed by atoms with van der Waals surface area (Å²) in [4.78, 5) is 2.13. The van der Waals surface area contributed by atoms with E-state index in [0.29, 0.717) is 24.8 Å². The van der Waals surface area contributed by atoms with E-state index in [9.17, 15) is 5.11 Å². The first kappa shape index (κ1) is 18.5. The molecule has 1 aromatic heterocycles. The zero-order valence-electron chi connectivity index (χ0n) is 15.1. The summed E-state index contributed by atoms with van der Waals surface area (Å²) >= 11 is 6.66. The standard InChI is InChI=1S/C21H24ClN3O/c1-16(26)13-24(19-11-7-4-8-12-19)15-20-17(2)23-25(21(20)22)14-18-9-5-3-6-10-18/h3-12,16,26H,13-15H2,1-2H3. The molecular formula is C21H24ClN3O. The number of hydrogen-bond acceptors (Lipinski definition) is 3. The summed E-state index contributed by atoms with van der Waals surface area (Å²) in [5.41, 5.74) is 4.12. The Morgan fingerprint density at radius 2 is 1.69 bits per heavy atom. The molecule has 1 atom stereocenters. The molecule has 3 rings (SSSR count). The highest BCUT2D eigenvalue weighted by Crippen LogP contribution is 2.25. The molecule has 1 unspecified atom stereocenters. The minimum atomic E-state index is -0.436. The van der Waals surface area contributed by atoms with Gasteiger partial charge in [0.15, 0.2) is 0 Å². The Kier molecular flexibility index (Phi) is 5.96. The number of hydrogen-bond donors (Lipinski definition) is 1. The lowest BCUT2D eigenvalue weighted by Gasteiger charge is -2.26. The molecule has 26 heavy (non-hydrogen) atoms. The highest BCUT2D eigenvalue weighted by atomic mass is 35.5. The van der Waals surface area contributed by atoms with Gasteiger partial charge in [-0.2, -0.15) is 5.10 Å². The normalized spacial score (nSPS) is 12.2. The van der Waals surface area contributed by atoms with Crippen LogP contribution in [0.5, 0.6) is 0 Å². The number of nitrogens with zero attached hydrogens (tertiary/aromatic N) is 3. The molecule has 4 nitrogen and oxygen atoms in total. The lowest BCUT2D eigenvalue weighted by atomic mass is 10.2. The second-order valence-electron chi connectivity index (χ2n) is 6.56. The van der Waals surface area contributed by atoms with E-state index in [-0.39, 0.29) is 0 Å². The van der Waals surface area contributed by atoms with Crippen LogP contribution in [0.4, 0.5) is 5.69 Å². The van der Waals surface area contributed by atoms with E-state index >= 15 is 0 Å². The van der Waals surface area contributed by atoms with Gasteiger partial charge >= 0.3 is 0 Å². The molecule has 0 radical (unpaired) electrons. The Morgan fingerprint density at radius 1 is 1.08 bits per heavy atom. The molecule has 1 N–H and O–H groups in total. The molecule has 0 aliphatic rings. The van der Waals surface area contributed by atoms with E-state index in [0.717, 1.165) is 22.5 Å². The number of benzene rings is 2. The fourth-order valence-electron chi connectivity index (χ4n) is 3.04. The number of halogens is 1. The van der Waals surface area contributed by atoms with Crippen LogP contribution in [0.2, 0.25) is 5.15 Å². The number of aromatic nitrogens is 2. The van der Waals surface area contributed by atoms with Crippen molar-refractivity contribution in [2.24, 2.45) is 0 Å². The van der Waals surface area contributed by atoms with E-state index in [1.165, 1.54) is 0 Å². The Hall–Kier alpha value is -2.30. The van der Waals surface area contributed by atoms with E-state index in [1.54, 1.807) is 6.92 Å². The topological polar surface area (TPSA) is 41.3 Å². The van der Waals surface area contributed by atoms with Crippen molar-refractivity contribution in [3.8, 4) is 0 Å². The van der Waals surface area contributed by atoms with Crippen LogP contribution >= 0.6 is 11.6 Å². The van der Waals surface area contributed by atoms with E-state index < -0.39 is 6.10 Å². The summed E-state index contributed by atoms with van der Waals surface area (Å²) in [6.45, 7) is 5.55. The molecule has 0 aliphatic heterocycles. The van der Waals surface area contributed by atoms with Crippen molar-refractivity contribution in [1.29, 1.82) is 0 Å². The monoisotopic (exact) mass is 369 g/mol. The van der Waals surface area contributed by atoms with Gasteiger partial charge in [0.1, 0.15) is 5.15 Å². The van der Waals surface area contributed by atoms with Gasteiger partial charge in [0.05, 0.1) is 18.3 Å². The fraction of sp³-hybridized carbons (Fsp3) is 0.286. The first-order valence-electron chi connectivity index (χ1n) is 8.78. The number of aliphatic hydroxyl groups is 1. The van der Waals surface area contributed by atoms with Gasteiger partial charge in [-0.3, -0.25) is 0 Å². The molecule has 0 amide bonds. The molecule has 0 spiro atoms. The van der Waals surface area contributed by atoms with Gasteiger partial charge in [0.25, 0.3) is 0 Å². The quantitative estimate of drug-likeness (QED) is 0.675. The largest absolute Gasteiger partial charge is 0.392 e. The van der Waals surface area contributed by atoms with Crippen molar-refractivity contribution >= 4 is 17.3 Å². The van der Waals surface area contributed by atoms with Crippen molar-refractivity contribution < 1.29 is 5.11 Å². The second kappa shape index (κ2) is 8.39. The second-order valence-corrected chi connectivity index (χ2v) is 6.92. The lowest BCUT2D eigenvalue weighted by molar-refractivity contribution is 0.199. The Labute approximate surface area is 159 Å². The van der Waals surface area contributed by atoms with Crippen LogP contribution in [0.15, 0.2) is 60.7 Å². The number of aryl methyl sites for hydroxylation is 1. The minimum absolute atomic E-state index is 0.436. The first-order chi connectivity index (χ1) is 12.5. The van der Waals surface area contributed by atoms with Crippen LogP contribution in [0.25, 0.3) is 0 Å². The Balaban J connectivity index is 1.85. The Morgan fingerprint density at radius 3 is 2.31 bits per heavy atom. The van der Waals surface area contributed by atoms with Crippen molar-refractivity contribution in [3.63, 3.8) is 0 Å². The van der Waals surface area contributed by atoms with E-state index in [1.807, 2.05) is 60.1 Å². The van der Waals surface area contributed by atoms with Gasteiger partial charge in [-0.1, -0.05) is 60.1 Å². The third kappa shape index (κ3) is 4.45. The van der Waals surface area contributed by atoms with Crippen LogP contribution in [-0.2, 0) is 13.1 Å². The lowest BCUT2D eigenvalue weighted by Crippen LogP contribution is -2.30. The molecule has 0 bridgehead atoms. The van der Waals surface area contributed by atoms with Crippen molar-refractivity contribution in [3.05, 3.63) is 82.6 Å². The highest BCUT2D eigenvalue weighted by Gasteiger charge is 2.18. The van der Waals surface area contributed by atoms with Crippen LogP contribution in [0.1, 0.15) is 23.7 Å². The van der Waals surface area contributed by atoms with Crippen LogP contribution in [0, 0.1) is 6.92 Å². The number of rotatable bonds is 7. The summed E-state index contributed by atoms with van der Waals surface area (Å²) < 4.78 is 1.84. The summed E-state index contributed by atoms with van der Waals surface area (Å²) in [5, 5.41) is 15.2. The Bertz CT molecular complexity index is 831. The van der Waals surface area contributed by atoms with Crippen LogP contribution in [0.3, 0.4) is 0 Å². The van der Waals surface area contributed by atoms with Crippen molar-refractivity contribution in [2.45, 2.75) is 33.0 Å². The van der Waals surface area contributed by atoms with Gasteiger partial charge < -0.3 is 10.0 Å². The van der Waals surface area contributed by atoms with Gasteiger partial charge in [-0.25, -0.2) is 4.68 Å². The average molecular weight is 370 g/mol. The summed E-state index contributed by atoms with van der Waals surface area (Å²) in [7, 11) is 0. The summed E-state index contributed by atoms with van der Waals surface area (Å²) in [5.74, 6) is 0. The van der Waals surface area contributed by atoms with Crippen LogP contribution in [-0.4, -0.2) is 27.5 Å². The molecule has 0 saturated carbocycles. The molecule has 0 aliphatic carbocycles. The summed E-state index contributed by atoms with van der Waals surface area (Å²) in [6, 6.07) is 20.2. The average Bonchev–Trinajstić information content (AvgIpc) is 2.90. The van der Waals surface area contributed by atoms with Gasteiger partial charge in [-0.05, 0) is 31.5 Å². The first-order valence-corrected chi connectivity index (χ1v) is 9.16. The maximum atomic E-state index is 9.91. The van der Waals surface area contributed by atoms with E-state index in [4.69, 9.17) is 11.6 Å². The zero-order valence-corrected chi connectivity index (χ0v) is 15.9. The van der Waals surface area contributed by atoms with Crippen LogP contribution < -0.4 is 4.90 Å². The number of anilines is 1. The summed E-state index contributed by atoms with van der Waals surface area (Å²) in [6.07, 6.45) is -0.436. The van der Waals surface area contributed by atoms with E-state index in [2.05, 4.69) is 22.1 Å². The predicted octanol–water partition coefficient (Wildman–Crippen LogP) is 4.28. The maximum Gasteiger partial charge on any atom is 0.132 e. The zero-order chi connectivity index (χ0) is 18.5. The molecular weight excluding hydrogens is 346 g/mol. The predicted molar refractivity (Wildman–Crippen MR) is 107 cm³/mol. The highest BCUT2D eigenvalue weighted by molar-refractivity contribution is 6.30. The molecule has 1 heterocycles. The molecule has 5 heteroatoms. The van der Waals surface area contributed by atoms with Crippen molar-refractivity contribution in [2.75, 3.05) is 11.4 Å². The molecule has 2 aromatic carbocycles. The van der Waals surface area contributed by atoms with Gasteiger partial charge in [0, 0.05) is 24.3 Å². The number of aliphatic hydroxyl groups excluding tert-OH is 1. The molecule has 0 fully saturated rings. The molecule has 136 valence electrons. The van der Waals surface area contributed by atoms with Crippen molar-refractivity contribution in [1.82, 2.24) is 9.78 Å². The third-order valence-corrected chi connectivity index (χ3v) is 4.74. The maximum absolute atomic E-state index is 9.91. The van der Waals surface area contributed by atoms with Gasteiger partial charge in [-0.15, -0.1) is 0 Å². The molecule has 0 saturated heterocycles. The SMILES string of the molecule is Cc1nn(Cc2ccccc2)c(Cl)c1CN(CC(C)O)c1ccccc1. The fourth-order valence-corrected chi connectivity index (χ4v) is 3.34. The number of para-hydroxylation sites is 1. The third-order valence-electron chi connectivity index (χ3n) is 4.31.